The lowest BCUT2D eigenvalue weighted by molar-refractivity contribution is 0.418. The third-order valence-corrected chi connectivity index (χ3v) is 2.33. The molecule has 2 aromatic rings. The van der Waals surface area contributed by atoms with Crippen LogP contribution in [0.2, 0.25) is 0 Å². The second-order valence-corrected chi connectivity index (χ2v) is 3.59. The van der Waals surface area contributed by atoms with Gasteiger partial charge in [0.2, 0.25) is 0 Å². The van der Waals surface area contributed by atoms with E-state index in [4.69, 9.17) is 10.00 Å². The molecule has 0 saturated heterocycles. The van der Waals surface area contributed by atoms with Crippen LogP contribution in [-0.2, 0) is 0 Å². The number of hydrogen-bond acceptors (Lipinski definition) is 4. The molecule has 0 aliphatic carbocycles. The fraction of sp³-hybridized carbons (Fsp3) is 0.0769. The number of halogens is 2. The molecule has 1 aromatic heterocycles. The van der Waals surface area contributed by atoms with E-state index in [0.717, 1.165) is 0 Å². The topological polar surface area (TPSA) is 57.9 Å². The van der Waals surface area contributed by atoms with Gasteiger partial charge in [-0.2, -0.15) is 10.2 Å². The molecule has 0 bridgehead atoms. The van der Waals surface area contributed by atoms with Crippen LogP contribution in [0.3, 0.4) is 0 Å². The van der Waals surface area contributed by atoms with Crippen LogP contribution in [0.15, 0.2) is 30.3 Å². The van der Waals surface area contributed by atoms with E-state index in [0.29, 0.717) is 17.4 Å². The fourth-order valence-corrected chi connectivity index (χ4v) is 1.41. The maximum Gasteiger partial charge on any atom is 0.258 e. The number of nitriles is 1. The molecule has 0 amide bonds. The number of nitrogens with one attached hydrogen (secondary N) is 1. The van der Waals surface area contributed by atoms with Crippen molar-refractivity contribution < 1.29 is 13.5 Å². The van der Waals surface area contributed by atoms with E-state index in [-0.39, 0.29) is 11.7 Å². The van der Waals surface area contributed by atoms with Crippen molar-refractivity contribution >= 4 is 5.82 Å². The minimum absolute atomic E-state index is 0.106. The highest BCUT2D eigenvalue weighted by molar-refractivity contribution is 5.41. The molecule has 0 saturated carbocycles. The summed E-state index contributed by atoms with van der Waals surface area (Å²) in [6.45, 7) is 0. The predicted octanol–water partition coefficient (Wildman–Crippen LogP) is 3.07. The number of nitrogens with zero attached hydrogens (tertiary/aromatic N) is 2. The lowest BCUT2D eigenvalue weighted by Gasteiger charge is -2.08. The number of benzene rings is 1. The molecule has 0 spiro atoms. The van der Waals surface area contributed by atoms with Crippen LogP contribution in [0.5, 0.6) is 11.6 Å². The smallest absolute Gasteiger partial charge is 0.258 e. The van der Waals surface area contributed by atoms with Crippen molar-refractivity contribution in [2.45, 2.75) is 0 Å². The molecule has 0 aliphatic heterocycles. The largest absolute Gasteiger partial charge is 0.436 e. The Balaban J connectivity index is 2.29. The molecule has 19 heavy (non-hydrogen) atoms. The maximum absolute atomic E-state index is 13.5. The van der Waals surface area contributed by atoms with Crippen LogP contribution >= 0.6 is 0 Å². The third kappa shape index (κ3) is 2.77. The molecule has 0 radical (unpaired) electrons. The van der Waals surface area contributed by atoms with Crippen molar-refractivity contribution in [1.82, 2.24) is 4.98 Å². The zero-order chi connectivity index (χ0) is 13.8. The van der Waals surface area contributed by atoms with Crippen LogP contribution < -0.4 is 10.1 Å². The first kappa shape index (κ1) is 12.8. The number of anilines is 1. The first-order valence-electron chi connectivity index (χ1n) is 5.36. The van der Waals surface area contributed by atoms with Gasteiger partial charge in [-0.05, 0) is 24.3 Å². The lowest BCUT2D eigenvalue weighted by atomic mass is 10.2. The average molecular weight is 261 g/mol. The van der Waals surface area contributed by atoms with E-state index in [2.05, 4.69) is 10.3 Å². The summed E-state index contributed by atoms with van der Waals surface area (Å²) in [7, 11) is 1.47. The van der Waals surface area contributed by atoms with Gasteiger partial charge in [-0.15, -0.1) is 0 Å². The number of aromatic nitrogens is 1. The van der Waals surface area contributed by atoms with Crippen molar-refractivity contribution in [1.29, 1.82) is 5.26 Å². The predicted molar refractivity (Wildman–Crippen MR) is 64.9 cm³/mol. The highest BCUT2D eigenvalue weighted by Crippen LogP contribution is 2.25. The Morgan fingerprint density at radius 3 is 2.47 bits per heavy atom. The zero-order valence-corrected chi connectivity index (χ0v) is 9.95. The van der Waals surface area contributed by atoms with Crippen molar-refractivity contribution in [2.24, 2.45) is 0 Å². The Bertz CT molecular complexity index is 636. The standard InChI is InChI=1S/C13H9F2N3O/c1-17-12-10(14)6-11(15)13(18-12)19-9-4-2-8(7-16)3-5-9/h2-6H,1H3,(H,17,18). The number of rotatable bonds is 3. The van der Waals surface area contributed by atoms with Crippen LogP contribution in [0, 0.1) is 23.0 Å². The van der Waals surface area contributed by atoms with Crippen molar-refractivity contribution in [2.75, 3.05) is 12.4 Å². The molecular weight excluding hydrogens is 252 g/mol. The molecule has 0 unspecified atom stereocenters. The minimum atomic E-state index is -0.902. The fourth-order valence-electron chi connectivity index (χ4n) is 1.41. The number of hydrogen-bond donors (Lipinski definition) is 1. The molecule has 1 heterocycles. The number of pyridine rings is 1. The molecule has 0 fully saturated rings. The summed E-state index contributed by atoms with van der Waals surface area (Å²) >= 11 is 0. The monoisotopic (exact) mass is 261 g/mol. The van der Waals surface area contributed by atoms with Gasteiger partial charge in [0.25, 0.3) is 5.88 Å². The molecule has 6 heteroatoms. The van der Waals surface area contributed by atoms with Crippen LogP contribution in [0.25, 0.3) is 0 Å². The maximum atomic E-state index is 13.5. The van der Waals surface area contributed by atoms with Crippen LogP contribution in [0.4, 0.5) is 14.6 Å². The second-order valence-electron chi connectivity index (χ2n) is 3.59. The molecular formula is C13H9F2N3O. The molecule has 1 aromatic carbocycles. The summed E-state index contributed by atoms with van der Waals surface area (Å²) in [5.41, 5.74) is 0.454. The first-order chi connectivity index (χ1) is 9.13. The van der Waals surface area contributed by atoms with Crippen molar-refractivity contribution in [3.05, 3.63) is 47.5 Å². The van der Waals surface area contributed by atoms with Crippen molar-refractivity contribution in [3.8, 4) is 17.7 Å². The Hall–Kier alpha value is -2.68. The Labute approximate surface area is 108 Å². The van der Waals surface area contributed by atoms with E-state index < -0.39 is 11.6 Å². The highest BCUT2D eigenvalue weighted by atomic mass is 19.1. The summed E-state index contributed by atoms with van der Waals surface area (Å²) in [5.74, 6) is -1.84. The van der Waals surface area contributed by atoms with Gasteiger partial charge in [0, 0.05) is 13.1 Å². The lowest BCUT2D eigenvalue weighted by Crippen LogP contribution is -2.01. The van der Waals surface area contributed by atoms with E-state index in [1.807, 2.05) is 6.07 Å². The summed E-state index contributed by atoms with van der Waals surface area (Å²) in [5, 5.41) is 11.1. The normalized spacial score (nSPS) is 9.79. The Morgan fingerprint density at radius 1 is 1.21 bits per heavy atom. The molecule has 4 nitrogen and oxygen atoms in total. The zero-order valence-electron chi connectivity index (χ0n) is 9.95. The Morgan fingerprint density at radius 2 is 1.89 bits per heavy atom. The average Bonchev–Trinajstić information content (AvgIpc) is 2.42. The summed E-state index contributed by atoms with van der Waals surface area (Å²) < 4.78 is 31.9. The van der Waals surface area contributed by atoms with Gasteiger partial charge in [0.1, 0.15) is 5.75 Å². The van der Waals surface area contributed by atoms with Gasteiger partial charge < -0.3 is 10.1 Å². The molecule has 1 N–H and O–H groups in total. The molecule has 2 rings (SSSR count). The van der Waals surface area contributed by atoms with E-state index in [1.54, 1.807) is 0 Å². The van der Waals surface area contributed by atoms with Gasteiger partial charge >= 0.3 is 0 Å². The second kappa shape index (κ2) is 5.31. The van der Waals surface area contributed by atoms with E-state index >= 15 is 0 Å². The Kier molecular flexibility index (Phi) is 3.57. The SMILES string of the molecule is CNc1nc(Oc2ccc(C#N)cc2)c(F)cc1F. The van der Waals surface area contributed by atoms with Crippen molar-refractivity contribution in [3.63, 3.8) is 0 Å². The molecule has 0 aliphatic rings. The molecule has 0 atom stereocenters. The third-order valence-electron chi connectivity index (χ3n) is 2.33. The molecule has 96 valence electrons. The van der Waals surface area contributed by atoms with Gasteiger partial charge in [-0.25, -0.2) is 8.78 Å². The highest BCUT2D eigenvalue weighted by Gasteiger charge is 2.12. The summed E-state index contributed by atoms with van der Waals surface area (Å²) in [6.07, 6.45) is 0. The first-order valence-corrected chi connectivity index (χ1v) is 5.36. The van der Waals surface area contributed by atoms with E-state index in [9.17, 15) is 8.78 Å². The summed E-state index contributed by atoms with van der Waals surface area (Å²) in [4.78, 5) is 3.68. The van der Waals surface area contributed by atoms with Gasteiger partial charge in [0.15, 0.2) is 17.5 Å². The number of ether oxygens (including phenoxy) is 1. The van der Waals surface area contributed by atoms with E-state index in [1.165, 1.54) is 31.3 Å². The summed E-state index contributed by atoms with van der Waals surface area (Å²) in [6, 6.07) is 8.69. The quantitative estimate of drug-likeness (QED) is 0.922. The van der Waals surface area contributed by atoms with Crippen LogP contribution in [0.1, 0.15) is 5.56 Å². The van der Waals surface area contributed by atoms with Crippen LogP contribution in [-0.4, -0.2) is 12.0 Å². The minimum Gasteiger partial charge on any atom is -0.436 e. The van der Waals surface area contributed by atoms with Gasteiger partial charge in [0.05, 0.1) is 11.6 Å². The van der Waals surface area contributed by atoms with Gasteiger partial charge in [-0.3, -0.25) is 0 Å². The van der Waals surface area contributed by atoms with Gasteiger partial charge in [-0.1, -0.05) is 0 Å².